The van der Waals surface area contributed by atoms with Crippen LogP contribution >= 0.6 is 24.0 Å². The Kier molecular flexibility index (Phi) is 11.5. The summed E-state index contributed by atoms with van der Waals surface area (Å²) in [5, 5.41) is 15.8. The van der Waals surface area contributed by atoms with E-state index in [0.29, 0.717) is 18.0 Å². The number of ether oxygens (including phenoxy) is 2. The molecule has 1 atom stereocenters. The van der Waals surface area contributed by atoms with Crippen LogP contribution in [0.4, 0.5) is 10.1 Å². The van der Waals surface area contributed by atoms with Crippen molar-refractivity contribution in [3.8, 4) is 11.5 Å². The van der Waals surface area contributed by atoms with Gasteiger partial charge in [0.05, 0.1) is 20.3 Å². The SMILES string of the molecule is CCNC(=NCc1ccc(OCCO)c(OC)c1)NC1CCCN(c2cccc(F)c2)C1.I. The average Bonchev–Trinajstić information content (AvgIpc) is 2.81. The molecular weight excluding hydrogens is 538 g/mol. The largest absolute Gasteiger partial charge is 0.493 e. The zero-order valence-corrected chi connectivity index (χ0v) is 21.6. The number of guanidine groups is 1. The quantitative estimate of drug-likeness (QED) is 0.243. The fourth-order valence-electron chi connectivity index (χ4n) is 3.77. The van der Waals surface area contributed by atoms with E-state index in [4.69, 9.17) is 19.6 Å². The summed E-state index contributed by atoms with van der Waals surface area (Å²) in [5.41, 5.74) is 1.90. The van der Waals surface area contributed by atoms with Crippen molar-refractivity contribution in [2.75, 3.05) is 44.9 Å². The molecule has 182 valence electrons. The molecule has 1 unspecified atom stereocenters. The van der Waals surface area contributed by atoms with Crippen LogP contribution in [0.2, 0.25) is 0 Å². The van der Waals surface area contributed by atoms with Gasteiger partial charge in [-0.15, -0.1) is 24.0 Å². The number of hydrogen-bond donors (Lipinski definition) is 3. The van der Waals surface area contributed by atoms with Crippen molar-refractivity contribution < 1.29 is 19.0 Å². The number of halogens is 2. The fourth-order valence-corrected chi connectivity index (χ4v) is 3.77. The molecule has 2 aromatic rings. The maximum absolute atomic E-state index is 13.6. The summed E-state index contributed by atoms with van der Waals surface area (Å²) in [7, 11) is 1.59. The lowest BCUT2D eigenvalue weighted by Gasteiger charge is -2.35. The van der Waals surface area contributed by atoms with Gasteiger partial charge in [-0.1, -0.05) is 12.1 Å². The van der Waals surface area contributed by atoms with Crippen LogP contribution in [0.25, 0.3) is 0 Å². The molecule has 2 aromatic carbocycles. The van der Waals surface area contributed by atoms with E-state index in [2.05, 4.69) is 15.5 Å². The summed E-state index contributed by atoms with van der Waals surface area (Å²) in [6, 6.07) is 12.6. The summed E-state index contributed by atoms with van der Waals surface area (Å²) >= 11 is 0. The molecule has 0 saturated carbocycles. The van der Waals surface area contributed by atoms with Crippen LogP contribution in [-0.4, -0.2) is 57.1 Å². The lowest BCUT2D eigenvalue weighted by atomic mass is 10.0. The molecule has 1 aliphatic heterocycles. The van der Waals surface area contributed by atoms with Crippen molar-refractivity contribution in [3.05, 3.63) is 53.8 Å². The van der Waals surface area contributed by atoms with E-state index < -0.39 is 0 Å². The second kappa shape index (κ2) is 14.1. The Hall–Kier alpha value is -2.27. The molecule has 1 fully saturated rings. The highest BCUT2D eigenvalue weighted by molar-refractivity contribution is 14.0. The van der Waals surface area contributed by atoms with Crippen LogP contribution in [-0.2, 0) is 6.54 Å². The maximum atomic E-state index is 13.6. The second-order valence-electron chi connectivity index (χ2n) is 7.66. The van der Waals surface area contributed by atoms with Crippen molar-refractivity contribution >= 4 is 35.6 Å². The van der Waals surface area contributed by atoms with E-state index in [1.165, 1.54) is 6.07 Å². The summed E-state index contributed by atoms with van der Waals surface area (Å²) in [5.74, 6) is 1.75. The number of nitrogens with one attached hydrogen (secondary N) is 2. The monoisotopic (exact) mass is 572 g/mol. The number of benzene rings is 2. The van der Waals surface area contributed by atoms with Crippen molar-refractivity contribution in [2.45, 2.75) is 32.4 Å². The molecule has 0 radical (unpaired) electrons. The Balaban J connectivity index is 0.00000385. The molecule has 0 bridgehead atoms. The predicted molar refractivity (Wildman–Crippen MR) is 141 cm³/mol. The van der Waals surface area contributed by atoms with Crippen LogP contribution in [0.15, 0.2) is 47.5 Å². The van der Waals surface area contributed by atoms with Crippen molar-refractivity contribution in [2.24, 2.45) is 4.99 Å². The minimum Gasteiger partial charge on any atom is -0.493 e. The number of aliphatic imine (C=N–C) groups is 1. The zero-order valence-electron chi connectivity index (χ0n) is 19.2. The van der Waals surface area contributed by atoms with Gasteiger partial charge in [0.15, 0.2) is 17.5 Å². The lowest BCUT2D eigenvalue weighted by Crippen LogP contribution is -2.51. The minimum atomic E-state index is -0.212. The van der Waals surface area contributed by atoms with Crippen LogP contribution < -0.4 is 25.0 Å². The zero-order chi connectivity index (χ0) is 22.8. The van der Waals surface area contributed by atoms with Gasteiger partial charge in [-0.25, -0.2) is 9.38 Å². The number of piperidine rings is 1. The van der Waals surface area contributed by atoms with Gasteiger partial charge in [0, 0.05) is 31.4 Å². The van der Waals surface area contributed by atoms with E-state index in [1.54, 1.807) is 19.2 Å². The summed E-state index contributed by atoms with van der Waals surface area (Å²) in [4.78, 5) is 6.95. The van der Waals surface area contributed by atoms with E-state index in [9.17, 15) is 4.39 Å². The lowest BCUT2D eigenvalue weighted by molar-refractivity contribution is 0.196. The van der Waals surface area contributed by atoms with Gasteiger partial charge in [0.2, 0.25) is 0 Å². The first kappa shape index (κ1) is 27.0. The Bertz CT molecular complexity index is 900. The summed E-state index contributed by atoms with van der Waals surface area (Å²) < 4.78 is 24.5. The number of rotatable bonds is 9. The first-order valence-electron chi connectivity index (χ1n) is 11.1. The van der Waals surface area contributed by atoms with E-state index >= 15 is 0 Å². The molecule has 0 aliphatic carbocycles. The molecule has 1 aliphatic rings. The number of hydrogen-bond acceptors (Lipinski definition) is 5. The Morgan fingerprint density at radius 3 is 2.82 bits per heavy atom. The third-order valence-electron chi connectivity index (χ3n) is 5.28. The smallest absolute Gasteiger partial charge is 0.191 e. The highest BCUT2D eigenvalue weighted by atomic mass is 127. The van der Waals surface area contributed by atoms with Gasteiger partial charge < -0.3 is 30.1 Å². The highest BCUT2D eigenvalue weighted by Crippen LogP contribution is 2.28. The van der Waals surface area contributed by atoms with Crippen LogP contribution in [0.1, 0.15) is 25.3 Å². The topological polar surface area (TPSA) is 78.4 Å². The number of anilines is 1. The van der Waals surface area contributed by atoms with Gasteiger partial charge in [-0.3, -0.25) is 0 Å². The van der Waals surface area contributed by atoms with Crippen LogP contribution in [0.3, 0.4) is 0 Å². The molecule has 1 heterocycles. The normalized spacial score (nSPS) is 16.1. The third-order valence-corrected chi connectivity index (χ3v) is 5.28. The van der Waals surface area contributed by atoms with Gasteiger partial charge in [0.1, 0.15) is 12.4 Å². The third kappa shape index (κ3) is 8.22. The number of nitrogens with zero attached hydrogens (tertiary/aromatic N) is 2. The molecule has 33 heavy (non-hydrogen) atoms. The molecule has 7 nitrogen and oxygen atoms in total. The van der Waals surface area contributed by atoms with Gasteiger partial charge >= 0.3 is 0 Å². The van der Waals surface area contributed by atoms with Crippen molar-refractivity contribution in [1.29, 1.82) is 0 Å². The molecular formula is C24H34FIN4O3. The first-order valence-corrected chi connectivity index (χ1v) is 11.1. The summed E-state index contributed by atoms with van der Waals surface area (Å²) in [6.07, 6.45) is 2.06. The molecule has 0 amide bonds. The van der Waals surface area contributed by atoms with Crippen LogP contribution in [0.5, 0.6) is 11.5 Å². The van der Waals surface area contributed by atoms with Gasteiger partial charge in [0.25, 0.3) is 0 Å². The standard InChI is InChI=1S/C24H33FN4O3.HI/c1-3-26-24(27-16-18-9-10-22(32-13-12-30)23(14-18)31-2)28-20-7-5-11-29(17-20)21-8-4-6-19(25)15-21;/h4,6,8-10,14-15,20,30H,3,5,7,11-13,16-17H2,1-2H3,(H2,26,27,28);1H. The average molecular weight is 572 g/mol. The predicted octanol–water partition coefficient (Wildman–Crippen LogP) is 3.55. The number of aliphatic hydroxyl groups is 1. The minimum absolute atomic E-state index is 0. The number of methoxy groups -OCH3 is 1. The van der Waals surface area contributed by atoms with Crippen molar-refractivity contribution in [1.82, 2.24) is 10.6 Å². The summed E-state index contributed by atoms with van der Waals surface area (Å²) in [6.45, 7) is 5.14. The van der Waals surface area contributed by atoms with Gasteiger partial charge in [-0.05, 0) is 55.7 Å². The molecule has 3 N–H and O–H groups in total. The Morgan fingerprint density at radius 1 is 1.24 bits per heavy atom. The maximum Gasteiger partial charge on any atom is 0.191 e. The number of aliphatic hydroxyl groups excluding tert-OH is 1. The molecule has 3 rings (SSSR count). The fraction of sp³-hybridized carbons (Fsp3) is 0.458. The highest BCUT2D eigenvalue weighted by Gasteiger charge is 2.21. The molecule has 0 spiro atoms. The van der Waals surface area contributed by atoms with Gasteiger partial charge in [-0.2, -0.15) is 0 Å². The Labute approximate surface area is 212 Å². The second-order valence-corrected chi connectivity index (χ2v) is 7.66. The van der Waals surface area contributed by atoms with E-state index in [1.807, 2.05) is 31.2 Å². The first-order chi connectivity index (χ1) is 15.6. The molecule has 9 heteroatoms. The molecule has 1 saturated heterocycles. The van der Waals surface area contributed by atoms with E-state index in [-0.39, 0.29) is 49.0 Å². The van der Waals surface area contributed by atoms with Crippen LogP contribution in [0, 0.1) is 5.82 Å². The molecule has 0 aromatic heterocycles. The van der Waals surface area contributed by atoms with E-state index in [0.717, 1.165) is 49.7 Å². The van der Waals surface area contributed by atoms with Crippen molar-refractivity contribution in [3.63, 3.8) is 0 Å². The Morgan fingerprint density at radius 2 is 2.09 bits per heavy atom.